The molecule has 0 atom stereocenters. The molecule has 2 rings (SSSR count). The number of hydrogen-bond acceptors (Lipinski definition) is 2. The monoisotopic (exact) mass is 385 g/mol. The minimum atomic E-state index is -5.94. The molecule has 0 aliphatic heterocycles. The summed E-state index contributed by atoms with van der Waals surface area (Å²) in [5.41, 5.74) is 0.700. The third-order valence-electron chi connectivity index (χ3n) is 3.63. The number of hydrogen-bond donors (Lipinski definition) is 0. The van der Waals surface area contributed by atoms with Gasteiger partial charge in [-0.25, -0.2) is 4.39 Å². The topological polar surface area (TPSA) is 18.5 Å². The zero-order valence-corrected chi connectivity index (χ0v) is 13.8. The summed E-state index contributed by atoms with van der Waals surface area (Å²) in [7, 11) is 4.41. The van der Waals surface area contributed by atoms with Crippen LogP contribution in [0.15, 0.2) is 29.8 Å². The molecule has 1 aromatic carbocycles. The Labute approximate surface area is 142 Å². The van der Waals surface area contributed by atoms with Crippen molar-refractivity contribution in [2.45, 2.75) is 36.7 Å². The number of benzene rings is 1. The zero-order valence-electron chi connectivity index (χ0n) is 12.8. The summed E-state index contributed by atoms with van der Waals surface area (Å²) in [6.45, 7) is 0. The predicted molar refractivity (Wildman–Crippen MR) is 75.5 cm³/mol. The maximum absolute atomic E-state index is 13.6. The molecule has 0 bridgehead atoms. The van der Waals surface area contributed by atoms with Gasteiger partial charge in [-0.15, -0.1) is 0 Å². The van der Waals surface area contributed by atoms with Crippen molar-refractivity contribution >= 4 is 10.2 Å². The standard InChI is InChI=1S/C15H12F7O2Si/c1-23-10-7-8(3-2-6-25)4-5-9(10)24-12-11(16)13(17,18)15(21,22)14(12,19)20/h4-5,7H,2-3,6H2,1H3. The Bertz CT molecular complexity index is 688. The number of alkyl halides is 6. The molecule has 1 aliphatic rings. The molecule has 0 heterocycles. The molecule has 0 saturated carbocycles. The second kappa shape index (κ2) is 6.54. The Morgan fingerprint density at radius 3 is 2.12 bits per heavy atom. The smallest absolute Gasteiger partial charge is 0.386 e. The van der Waals surface area contributed by atoms with Crippen molar-refractivity contribution in [3.63, 3.8) is 0 Å². The van der Waals surface area contributed by atoms with E-state index in [0.29, 0.717) is 18.0 Å². The van der Waals surface area contributed by atoms with Crippen LogP contribution in [0, 0.1) is 0 Å². The fraction of sp³-hybridized carbons (Fsp3) is 0.467. The maximum Gasteiger partial charge on any atom is 0.386 e. The van der Waals surface area contributed by atoms with E-state index in [1.807, 2.05) is 0 Å². The third kappa shape index (κ3) is 3.00. The third-order valence-corrected chi connectivity index (χ3v) is 3.98. The van der Waals surface area contributed by atoms with Gasteiger partial charge < -0.3 is 9.47 Å². The van der Waals surface area contributed by atoms with E-state index >= 15 is 0 Å². The second-order valence-electron chi connectivity index (χ2n) is 5.31. The number of halogens is 7. The van der Waals surface area contributed by atoms with E-state index in [4.69, 9.17) is 4.74 Å². The van der Waals surface area contributed by atoms with Gasteiger partial charge in [-0.2, -0.15) is 26.3 Å². The van der Waals surface area contributed by atoms with Crippen molar-refractivity contribution in [2.24, 2.45) is 0 Å². The lowest BCUT2D eigenvalue weighted by atomic mass is 10.1. The normalized spacial score (nSPS) is 20.7. The van der Waals surface area contributed by atoms with Crippen LogP contribution in [-0.2, 0) is 6.42 Å². The van der Waals surface area contributed by atoms with Crippen LogP contribution in [0.3, 0.4) is 0 Å². The van der Waals surface area contributed by atoms with E-state index in [1.165, 1.54) is 12.1 Å². The highest BCUT2D eigenvalue weighted by molar-refractivity contribution is 6.08. The van der Waals surface area contributed by atoms with Gasteiger partial charge in [-0.05, 0) is 24.1 Å². The fourth-order valence-electron chi connectivity index (χ4n) is 2.22. The van der Waals surface area contributed by atoms with E-state index < -0.39 is 35.1 Å². The molecule has 10 heteroatoms. The minimum Gasteiger partial charge on any atom is -0.493 e. The van der Waals surface area contributed by atoms with E-state index in [-0.39, 0.29) is 5.75 Å². The molecule has 0 N–H and O–H groups in total. The molecule has 0 amide bonds. The van der Waals surface area contributed by atoms with Gasteiger partial charge in [0.15, 0.2) is 11.5 Å². The number of aryl methyl sites for hydroxylation is 1. The van der Waals surface area contributed by atoms with Crippen LogP contribution >= 0.6 is 0 Å². The van der Waals surface area contributed by atoms with Gasteiger partial charge in [0, 0.05) is 10.2 Å². The summed E-state index contributed by atoms with van der Waals surface area (Å²) >= 11 is 0. The zero-order chi connectivity index (χ0) is 19.0. The lowest BCUT2D eigenvalue weighted by Crippen LogP contribution is -2.49. The molecule has 25 heavy (non-hydrogen) atoms. The van der Waals surface area contributed by atoms with E-state index in [9.17, 15) is 30.7 Å². The van der Waals surface area contributed by atoms with Gasteiger partial charge in [0.25, 0.3) is 0 Å². The highest BCUT2D eigenvalue weighted by Crippen LogP contribution is 2.59. The van der Waals surface area contributed by atoms with Crippen molar-refractivity contribution in [2.75, 3.05) is 7.11 Å². The van der Waals surface area contributed by atoms with Crippen LogP contribution in [0.4, 0.5) is 30.7 Å². The van der Waals surface area contributed by atoms with E-state index in [2.05, 4.69) is 15.0 Å². The second-order valence-corrected chi connectivity index (χ2v) is 5.81. The molecule has 3 radical (unpaired) electrons. The van der Waals surface area contributed by atoms with Crippen molar-refractivity contribution < 1.29 is 40.2 Å². The lowest BCUT2D eigenvalue weighted by molar-refractivity contribution is -0.272. The summed E-state index contributed by atoms with van der Waals surface area (Å²) < 4.78 is 103. The van der Waals surface area contributed by atoms with Gasteiger partial charge in [0.05, 0.1) is 7.11 Å². The number of methoxy groups -OCH3 is 1. The lowest BCUT2D eigenvalue weighted by Gasteiger charge is -2.24. The molecular formula is C15H12F7O2Si. The van der Waals surface area contributed by atoms with Crippen LogP contribution < -0.4 is 9.47 Å². The minimum absolute atomic E-state index is 0.180. The first-order valence-electron chi connectivity index (χ1n) is 7.04. The summed E-state index contributed by atoms with van der Waals surface area (Å²) in [5.74, 6) is -23.3. The van der Waals surface area contributed by atoms with Crippen LogP contribution in [-0.4, -0.2) is 35.1 Å². The molecule has 1 aromatic rings. The molecular weight excluding hydrogens is 373 g/mol. The SMILES string of the molecule is COc1cc(CCC[Si])ccc1OC1=C(F)C(F)(F)C(F)(F)C1(F)F. The van der Waals surface area contributed by atoms with Crippen molar-refractivity contribution in [3.05, 3.63) is 35.3 Å². The predicted octanol–water partition coefficient (Wildman–Crippen LogP) is 4.69. The number of rotatable bonds is 6. The molecule has 0 aromatic heterocycles. The van der Waals surface area contributed by atoms with Crippen molar-refractivity contribution in [3.8, 4) is 11.5 Å². The quantitative estimate of drug-likeness (QED) is 0.522. The van der Waals surface area contributed by atoms with Crippen LogP contribution in [0.1, 0.15) is 12.0 Å². The Morgan fingerprint density at radius 2 is 1.64 bits per heavy atom. The molecule has 0 fully saturated rings. The van der Waals surface area contributed by atoms with Crippen LogP contribution in [0.5, 0.6) is 11.5 Å². The number of allylic oxidation sites excluding steroid dienone is 2. The van der Waals surface area contributed by atoms with Crippen molar-refractivity contribution in [1.29, 1.82) is 0 Å². The van der Waals surface area contributed by atoms with Crippen molar-refractivity contribution in [1.82, 2.24) is 0 Å². The summed E-state index contributed by atoms with van der Waals surface area (Å²) in [6.07, 6.45) is 1.31. The van der Waals surface area contributed by atoms with Gasteiger partial charge in [0.1, 0.15) is 0 Å². The first-order chi connectivity index (χ1) is 11.5. The molecule has 2 nitrogen and oxygen atoms in total. The van der Waals surface area contributed by atoms with E-state index in [1.54, 1.807) is 0 Å². The van der Waals surface area contributed by atoms with Gasteiger partial charge >= 0.3 is 17.8 Å². The van der Waals surface area contributed by atoms with E-state index in [0.717, 1.165) is 19.6 Å². The molecule has 0 unspecified atom stereocenters. The largest absolute Gasteiger partial charge is 0.493 e. The van der Waals surface area contributed by atoms with Gasteiger partial charge in [-0.3, -0.25) is 0 Å². The Kier molecular flexibility index (Phi) is 5.13. The molecule has 137 valence electrons. The first-order valence-corrected chi connectivity index (χ1v) is 7.75. The molecule has 0 saturated heterocycles. The molecule has 1 aliphatic carbocycles. The molecule has 0 spiro atoms. The summed E-state index contributed by atoms with van der Waals surface area (Å²) in [5, 5.41) is 0. The Morgan fingerprint density at radius 1 is 1.00 bits per heavy atom. The highest BCUT2D eigenvalue weighted by Gasteiger charge is 2.82. The van der Waals surface area contributed by atoms with Gasteiger partial charge in [0.2, 0.25) is 11.6 Å². The Balaban J connectivity index is 2.40. The van der Waals surface area contributed by atoms with Crippen LogP contribution in [0.2, 0.25) is 6.04 Å². The summed E-state index contributed by atoms with van der Waals surface area (Å²) in [6, 6.07) is 4.52. The summed E-state index contributed by atoms with van der Waals surface area (Å²) in [4.78, 5) is 0. The maximum atomic E-state index is 13.6. The average Bonchev–Trinajstić information content (AvgIpc) is 2.64. The Hall–Kier alpha value is -1.71. The average molecular weight is 385 g/mol. The first kappa shape index (κ1) is 19.6. The van der Waals surface area contributed by atoms with Gasteiger partial charge in [-0.1, -0.05) is 18.5 Å². The number of ether oxygens (including phenoxy) is 2. The fourth-order valence-corrected chi connectivity index (χ4v) is 2.40. The van der Waals surface area contributed by atoms with Crippen LogP contribution in [0.25, 0.3) is 0 Å². The highest BCUT2D eigenvalue weighted by atomic mass is 28.1.